The van der Waals surface area contributed by atoms with Crippen molar-refractivity contribution in [1.82, 2.24) is 19.9 Å². The summed E-state index contributed by atoms with van der Waals surface area (Å²) in [6, 6.07) is 7.86. The van der Waals surface area contributed by atoms with Crippen LogP contribution in [0, 0.1) is 11.5 Å². The minimum absolute atomic E-state index is 0.0115. The molecule has 1 aliphatic rings. The number of nitrogens with zero attached hydrogens (tertiary/aromatic N) is 4. The van der Waals surface area contributed by atoms with Crippen molar-refractivity contribution in [3.63, 3.8) is 0 Å². The van der Waals surface area contributed by atoms with E-state index < -0.39 is 8.07 Å². The minimum atomic E-state index is -1.97. The number of rotatable bonds is 11. The summed E-state index contributed by atoms with van der Waals surface area (Å²) in [6.45, 7) is 18.5. The molecule has 0 spiro atoms. The van der Waals surface area contributed by atoms with Gasteiger partial charge in [0.1, 0.15) is 13.7 Å². The maximum absolute atomic E-state index is 12.7. The Bertz CT molecular complexity index is 1480. The molecule has 4 rings (SSSR count). The zero-order chi connectivity index (χ0) is 31.1. The van der Waals surface area contributed by atoms with E-state index in [1.54, 1.807) is 12.3 Å². The molecule has 0 aliphatic carbocycles. The smallest absolute Gasteiger partial charge is 0.250 e. The number of aromatic nitrogens is 3. The Labute approximate surface area is 257 Å². The molecule has 1 saturated heterocycles. The van der Waals surface area contributed by atoms with Gasteiger partial charge in [-0.15, -0.1) is 5.54 Å². The maximum atomic E-state index is 12.7. The van der Waals surface area contributed by atoms with Crippen LogP contribution in [0.5, 0.6) is 0 Å². The topological polar surface area (TPSA) is 107 Å². The predicted octanol–water partition coefficient (Wildman–Crippen LogP) is 4.93. The molecule has 232 valence electrons. The van der Waals surface area contributed by atoms with Gasteiger partial charge in [0, 0.05) is 55.4 Å². The number of ether oxygens (including phenoxy) is 1. The summed E-state index contributed by atoms with van der Waals surface area (Å²) in [5.74, 6) is 3.82. The van der Waals surface area contributed by atoms with Crippen molar-refractivity contribution in [2.45, 2.75) is 64.6 Å². The Balaban J connectivity index is 1.64. The lowest BCUT2D eigenvalue weighted by Crippen LogP contribution is -2.44. The number of anilines is 3. The number of H-pyrrole nitrogens is 1. The van der Waals surface area contributed by atoms with E-state index in [2.05, 4.69) is 102 Å². The summed E-state index contributed by atoms with van der Waals surface area (Å²) in [5, 5.41) is 13.2. The lowest BCUT2D eigenvalue weighted by Gasteiger charge is -2.38. The van der Waals surface area contributed by atoms with Gasteiger partial charge in [-0.1, -0.05) is 47.5 Å². The van der Waals surface area contributed by atoms with Gasteiger partial charge < -0.3 is 29.9 Å². The van der Waals surface area contributed by atoms with Gasteiger partial charge in [-0.25, -0.2) is 4.98 Å². The van der Waals surface area contributed by atoms with Gasteiger partial charge in [0.15, 0.2) is 0 Å². The van der Waals surface area contributed by atoms with Crippen LogP contribution in [0.2, 0.25) is 16.6 Å². The number of piperazine rings is 1. The van der Waals surface area contributed by atoms with E-state index >= 15 is 0 Å². The van der Waals surface area contributed by atoms with E-state index in [1.807, 2.05) is 6.07 Å². The number of aromatic amines is 1. The summed E-state index contributed by atoms with van der Waals surface area (Å²) in [6.07, 6.45) is 2.47. The zero-order valence-electron chi connectivity index (χ0n) is 26.8. The second-order valence-electron chi connectivity index (χ2n) is 12.5. The summed E-state index contributed by atoms with van der Waals surface area (Å²) in [5.41, 5.74) is 9.33. The van der Waals surface area contributed by atoms with Gasteiger partial charge in [0.05, 0.1) is 25.2 Å². The molecule has 1 aromatic carbocycles. The second kappa shape index (κ2) is 14.5. The molecule has 3 N–H and O–H groups in total. The van der Waals surface area contributed by atoms with Crippen LogP contribution >= 0.6 is 0 Å². The fourth-order valence-electron chi connectivity index (χ4n) is 6.51. The SMILES string of the molecule is CC(C)[Si](C#Cc1cc(=O)[nH]c2nc(Nc3ccc(N4CCN(C)CC4)c(CCOCCO)c3)ncc12)(C(C)C)C(C)C. The number of benzene rings is 1. The molecule has 3 aromatic rings. The maximum Gasteiger partial charge on any atom is 0.250 e. The van der Waals surface area contributed by atoms with Crippen molar-refractivity contribution >= 4 is 36.4 Å². The molecule has 0 unspecified atom stereocenters. The van der Waals surface area contributed by atoms with Gasteiger partial charge in [0.25, 0.3) is 5.56 Å². The van der Waals surface area contributed by atoms with E-state index in [4.69, 9.17) is 9.84 Å². The fraction of sp³-hybridized carbons (Fsp3) is 0.545. The molecular weight excluding hydrogens is 556 g/mol. The predicted molar refractivity (Wildman–Crippen MR) is 179 cm³/mol. The molecule has 0 amide bonds. The standard InChI is InChI=1S/C33H48N6O3Si/c1-23(2)43(24(3)4,25(5)6)19-11-26-21-31(41)36-32-29(26)22-34-33(37-32)35-28-8-9-30(39-14-12-38(7)13-15-39)27(20-28)10-17-42-18-16-40/h8-9,20-25,40H,10,12-18H2,1-7H3,(H2,34,35,36,37,41). The van der Waals surface area contributed by atoms with Gasteiger partial charge in [0.2, 0.25) is 5.95 Å². The van der Waals surface area contributed by atoms with Crippen molar-refractivity contribution in [1.29, 1.82) is 0 Å². The quantitative estimate of drug-likeness (QED) is 0.161. The molecule has 43 heavy (non-hydrogen) atoms. The number of nitrogens with one attached hydrogen (secondary N) is 2. The third-order valence-electron chi connectivity index (χ3n) is 8.81. The van der Waals surface area contributed by atoms with E-state index in [0.717, 1.165) is 49.2 Å². The summed E-state index contributed by atoms with van der Waals surface area (Å²) < 4.78 is 5.59. The molecular formula is C33H48N6O3Si. The highest BCUT2D eigenvalue weighted by atomic mass is 28.3. The molecule has 0 bridgehead atoms. The van der Waals surface area contributed by atoms with Crippen molar-refractivity contribution < 1.29 is 9.84 Å². The molecule has 3 heterocycles. The van der Waals surface area contributed by atoms with Crippen molar-refractivity contribution in [3.05, 3.63) is 51.9 Å². The van der Waals surface area contributed by atoms with Crippen molar-refractivity contribution in [2.24, 2.45) is 0 Å². The molecule has 0 radical (unpaired) electrons. The number of hydrogen-bond donors (Lipinski definition) is 3. The lowest BCUT2D eigenvalue weighted by molar-refractivity contribution is 0.0944. The highest BCUT2D eigenvalue weighted by molar-refractivity contribution is 6.90. The Morgan fingerprint density at radius 2 is 1.74 bits per heavy atom. The Hall–Kier alpha value is -3.23. The number of aliphatic hydroxyl groups is 1. The van der Waals surface area contributed by atoms with Crippen LogP contribution in [0.1, 0.15) is 52.7 Å². The van der Waals surface area contributed by atoms with E-state index in [9.17, 15) is 4.79 Å². The Morgan fingerprint density at radius 3 is 2.40 bits per heavy atom. The largest absolute Gasteiger partial charge is 0.394 e. The molecule has 10 heteroatoms. The Kier molecular flexibility index (Phi) is 11.0. The molecule has 1 aliphatic heterocycles. The molecule has 2 aromatic heterocycles. The second-order valence-corrected chi connectivity index (χ2v) is 18.1. The lowest BCUT2D eigenvalue weighted by atomic mass is 10.1. The molecule has 0 atom stereocenters. The van der Waals surface area contributed by atoms with Crippen LogP contribution in [0.3, 0.4) is 0 Å². The third-order valence-corrected chi connectivity index (χ3v) is 15.1. The number of hydrogen-bond acceptors (Lipinski definition) is 8. The van der Waals surface area contributed by atoms with Crippen LogP contribution in [-0.2, 0) is 11.2 Å². The van der Waals surface area contributed by atoms with Crippen LogP contribution in [0.4, 0.5) is 17.3 Å². The first kappa shape index (κ1) is 32.7. The number of pyridine rings is 1. The first-order chi connectivity index (χ1) is 20.5. The average Bonchev–Trinajstić information content (AvgIpc) is 2.95. The van der Waals surface area contributed by atoms with E-state index in [1.165, 1.54) is 5.69 Å². The minimum Gasteiger partial charge on any atom is -0.394 e. The first-order valence-corrected chi connectivity index (χ1v) is 17.7. The van der Waals surface area contributed by atoms with Crippen molar-refractivity contribution in [2.75, 3.05) is 63.3 Å². The highest BCUT2D eigenvalue weighted by Crippen LogP contribution is 2.41. The van der Waals surface area contributed by atoms with Gasteiger partial charge in [-0.3, -0.25) is 4.79 Å². The average molecular weight is 605 g/mol. The molecule has 1 fully saturated rings. The van der Waals surface area contributed by atoms with E-state index in [0.29, 0.717) is 47.0 Å². The van der Waals surface area contributed by atoms with Crippen molar-refractivity contribution in [3.8, 4) is 11.5 Å². The van der Waals surface area contributed by atoms with Gasteiger partial charge in [-0.05, 0) is 53.9 Å². The van der Waals surface area contributed by atoms with Gasteiger partial charge in [-0.2, -0.15) is 4.98 Å². The summed E-state index contributed by atoms with van der Waals surface area (Å²) in [4.78, 5) is 29.6. The fourth-order valence-corrected chi connectivity index (χ4v) is 11.7. The molecule has 0 saturated carbocycles. The van der Waals surface area contributed by atoms with Crippen LogP contribution < -0.4 is 15.8 Å². The van der Waals surface area contributed by atoms with Gasteiger partial charge >= 0.3 is 0 Å². The molecule has 9 nitrogen and oxygen atoms in total. The zero-order valence-corrected chi connectivity index (χ0v) is 27.8. The van der Waals surface area contributed by atoms with Crippen LogP contribution in [0.25, 0.3) is 11.0 Å². The normalized spacial score (nSPS) is 14.5. The monoisotopic (exact) mass is 604 g/mol. The summed E-state index contributed by atoms with van der Waals surface area (Å²) >= 11 is 0. The van der Waals surface area contributed by atoms with E-state index in [-0.39, 0.29) is 12.2 Å². The number of aliphatic hydroxyl groups excluding tert-OH is 1. The summed E-state index contributed by atoms with van der Waals surface area (Å²) in [7, 11) is 0.179. The Morgan fingerprint density at radius 1 is 1.05 bits per heavy atom. The third kappa shape index (κ3) is 7.65. The number of likely N-dealkylation sites (N-methyl/N-ethyl adjacent to an activating group) is 1. The number of fused-ring (bicyclic) bond motifs is 1. The van der Waals surface area contributed by atoms with Crippen LogP contribution in [-0.4, -0.2) is 86.1 Å². The van der Waals surface area contributed by atoms with Crippen LogP contribution in [0.15, 0.2) is 35.3 Å². The first-order valence-electron chi connectivity index (χ1n) is 15.5. The highest BCUT2D eigenvalue weighted by Gasteiger charge is 2.41.